The molecule has 0 radical (unpaired) electrons. The van der Waals surface area contributed by atoms with Crippen molar-refractivity contribution in [1.82, 2.24) is 20.8 Å². The van der Waals surface area contributed by atoms with E-state index in [2.05, 4.69) is 26.8 Å². The molecule has 1 saturated heterocycles. The number of aromatic nitrogens is 2. The van der Waals surface area contributed by atoms with E-state index in [1.807, 2.05) is 6.07 Å². The molecule has 2 atom stereocenters. The molecule has 0 saturated carbocycles. The highest BCUT2D eigenvalue weighted by Gasteiger charge is 2.26. The van der Waals surface area contributed by atoms with Crippen molar-refractivity contribution in [3.05, 3.63) is 71.3 Å². The van der Waals surface area contributed by atoms with Crippen LogP contribution >= 0.6 is 0 Å². The van der Waals surface area contributed by atoms with Gasteiger partial charge in [-0.1, -0.05) is 17.3 Å². The summed E-state index contributed by atoms with van der Waals surface area (Å²) >= 11 is 0. The lowest BCUT2D eigenvalue weighted by Gasteiger charge is -2.33. The Kier molecular flexibility index (Phi) is 5.42. The summed E-state index contributed by atoms with van der Waals surface area (Å²) < 4.78 is 19.0. The fraction of sp³-hybridized carbons (Fsp3) is 0.286. The molecule has 1 aromatic heterocycles. The molecule has 4 rings (SSSR count). The molecule has 1 fully saturated rings. The first kappa shape index (κ1) is 18.3. The van der Waals surface area contributed by atoms with Crippen molar-refractivity contribution in [2.24, 2.45) is 0 Å². The third-order valence-electron chi connectivity index (χ3n) is 5.01. The molecule has 2 aromatic carbocycles. The van der Waals surface area contributed by atoms with Crippen molar-refractivity contribution in [3.8, 4) is 17.5 Å². The first-order valence-electron chi connectivity index (χ1n) is 9.25. The highest BCUT2D eigenvalue weighted by Crippen LogP contribution is 2.26. The Morgan fingerprint density at radius 1 is 1.25 bits per heavy atom. The van der Waals surface area contributed by atoms with Crippen molar-refractivity contribution in [1.29, 1.82) is 5.26 Å². The van der Waals surface area contributed by atoms with Gasteiger partial charge in [0.2, 0.25) is 0 Å². The summed E-state index contributed by atoms with van der Waals surface area (Å²) in [7, 11) is 0. The maximum absolute atomic E-state index is 13.6. The number of benzene rings is 2. The molecule has 1 aliphatic heterocycles. The van der Waals surface area contributed by atoms with Crippen molar-refractivity contribution < 1.29 is 8.91 Å². The molecule has 6 nitrogen and oxygen atoms in total. The molecule has 0 unspecified atom stereocenters. The van der Waals surface area contributed by atoms with E-state index >= 15 is 0 Å². The minimum atomic E-state index is -0.208. The van der Waals surface area contributed by atoms with Crippen LogP contribution in [0.5, 0.6) is 0 Å². The number of piperidine rings is 1. The lowest BCUT2D eigenvalue weighted by atomic mass is 9.86. The fourth-order valence-electron chi connectivity index (χ4n) is 3.56. The van der Waals surface area contributed by atoms with Gasteiger partial charge in [-0.2, -0.15) is 10.2 Å². The van der Waals surface area contributed by atoms with Gasteiger partial charge in [0.25, 0.3) is 5.89 Å². The number of hydrogen-bond donors (Lipinski definition) is 2. The molecular weight excluding hydrogens is 357 g/mol. The first-order chi connectivity index (χ1) is 13.7. The van der Waals surface area contributed by atoms with Gasteiger partial charge in [-0.25, -0.2) is 4.39 Å². The summed E-state index contributed by atoms with van der Waals surface area (Å²) in [6, 6.07) is 16.1. The molecule has 7 heteroatoms. The highest BCUT2D eigenvalue weighted by molar-refractivity contribution is 5.54. The normalized spacial score (nSPS) is 19.3. The van der Waals surface area contributed by atoms with E-state index in [1.54, 1.807) is 36.4 Å². The molecule has 1 aliphatic rings. The van der Waals surface area contributed by atoms with Crippen LogP contribution < -0.4 is 10.6 Å². The van der Waals surface area contributed by atoms with Gasteiger partial charge in [0, 0.05) is 24.1 Å². The summed E-state index contributed by atoms with van der Waals surface area (Å²) in [5, 5.41) is 19.8. The summed E-state index contributed by atoms with van der Waals surface area (Å²) in [5.41, 5.74) is 2.36. The van der Waals surface area contributed by atoms with Gasteiger partial charge >= 0.3 is 0 Å². The summed E-state index contributed by atoms with van der Waals surface area (Å²) in [6.45, 7) is 2.16. The second-order valence-electron chi connectivity index (χ2n) is 6.85. The van der Waals surface area contributed by atoms with Gasteiger partial charge in [0.15, 0.2) is 5.82 Å². The largest absolute Gasteiger partial charge is 0.334 e. The van der Waals surface area contributed by atoms with E-state index < -0.39 is 0 Å². The average molecular weight is 377 g/mol. The van der Waals surface area contributed by atoms with Crippen LogP contribution in [-0.4, -0.2) is 29.3 Å². The van der Waals surface area contributed by atoms with E-state index in [0.29, 0.717) is 23.8 Å². The highest BCUT2D eigenvalue weighted by atomic mass is 19.1. The van der Waals surface area contributed by atoms with Gasteiger partial charge < -0.3 is 15.2 Å². The zero-order valence-electron chi connectivity index (χ0n) is 15.2. The zero-order valence-corrected chi connectivity index (χ0v) is 15.2. The Balaban J connectivity index is 1.43. The van der Waals surface area contributed by atoms with Crippen molar-refractivity contribution in [2.45, 2.75) is 24.9 Å². The predicted octanol–water partition coefficient (Wildman–Crippen LogP) is 2.98. The van der Waals surface area contributed by atoms with Crippen molar-refractivity contribution in [3.63, 3.8) is 0 Å². The second-order valence-corrected chi connectivity index (χ2v) is 6.85. The number of nitrogens with one attached hydrogen (secondary N) is 2. The molecule has 2 N–H and O–H groups in total. The van der Waals surface area contributed by atoms with Gasteiger partial charge in [-0.15, -0.1) is 0 Å². The molecule has 0 amide bonds. The number of nitrogens with zero attached hydrogens (tertiary/aromatic N) is 3. The van der Waals surface area contributed by atoms with E-state index in [4.69, 9.17) is 9.78 Å². The van der Waals surface area contributed by atoms with Crippen LogP contribution in [0.2, 0.25) is 0 Å². The Labute approximate surface area is 162 Å². The SMILES string of the molecule is N#Cc1ccc(-c2nc(CN[C@H]3CNCC[C@H]3c3cccc(F)c3)no2)cc1. The molecule has 0 bridgehead atoms. The lowest BCUT2D eigenvalue weighted by molar-refractivity contribution is 0.336. The summed E-state index contributed by atoms with van der Waals surface area (Å²) in [6.07, 6.45) is 0.934. The van der Waals surface area contributed by atoms with Crippen LogP contribution in [0.3, 0.4) is 0 Å². The monoisotopic (exact) mass is 377 g/mol. The molecule has 28 heavy (non-hydrogen) atoms. The minimum absolute atomic E-state index is 0.146. The zero-order chi connectivity index (χ0) is 19.3. The summed E-state index contributed by atoms with van der Waals surface area (Å²) in [4.78, 5) is 4.43. The molecule has 0 aliphatic carbocycles. The molecular formula is C21H20FN5O. The van der Waals surface area contributed by atoms with Crippen LogP contribution in [0.15, 0.2) is 53.1 Å². The Morgan fingerprint density at radius 2 is 2.11 bits per heavy atom. The lowest BCUT2D eigenvalue weighted by Crippen LogP contribution is -2.47. The quantitative estimate of drug-likeness (QED) is 0.711. The third-order valence-corrected chi connectivity index (χ3v) is 5.01. The average Bonchev–Trinajstić information content (AvgIpc) is 3.21. The Morgan fingerprint density at radius 3 is 2.89 bits per heavy atom. The smallest absolute Gasteiger partial charge is 0.257 e. The maximum atomic E-state index is 13.6. The number of rotatable bonds is 5. The first-order valence-corrected chi connectivity index (χ1v) is 9.25. The van der Waals surface area contributed by atoms with E-state index in [-0.39, 0.29) is 17.8 Å². The molecule has 142 valence electrons. The molecule has 3 aromatic rings. The maximum Gasteiger partial charge on any atom is 0.257 e. The van der Waals surface area contributed by atoms with Gasteiger partial charge in [0.05, 0.1) is 18.2 Å². The van der Waals surface area contributed by atoms with Crippen molar-refractivity contribution in [2.75, 3.05) is 13.1 Å². The van der Waals surface area contributed by atoms with Crippen LogP contribution in [0.25, 0.3) is 11.5 Å². The van der Waals surface area contributed by atoms with E-state index in [1.165, 1.54) is 6.07 Å². The second kappa shape index (κ2) is 8.30. The number of hydrogen-bond acceptors (Lipinski definition) is 6. The van der Waals surface area contributed by atoms with Crippen LogP contribution in [0.1, 0.15) is 29.3 Å². The summed E-state index contributed by atoms with van der Waals surface area (Å²) in [5.74, 6) is 0.995. The third kappa shape index (κ3) is 4.09. The number of halogens is 1. The van der Waals surface area contributed by atoms with Gasteiger partial charge in [0.1, 0.15) is 5.82 Å². The van der Waals surface area contributed by atoms with E-state index in [9.17, 15) is 4.39 Å². The van der Waals surface area contributed by atoms with Crippen LogP contribution in [-0.2, 0) is 6.54 Å². The van der Waals surface area contributed by atoms with Crippen LogP contribution in [0.4, 0.5) is 4.39 Å². The predicted molar refractivity (Wildman–Crippen MR) is 102 cm³/mol. The van der Waals surface area contributed by atoms with Gasteiger partial charge in [-0.3, -0.25) is 0 Å². The Bertz CT molecular complexity index is 979. The van der Waals surface area contributed by atoms with Crippen LogP contribution in [0, 0.1) is 17.1 Å². The van der Waals surface area contributed by atoms with Gasteiger partial charge in [-0.05, 0) is 54.9 Å². The van der Waals surface area contributed by atoms with Crippen molar-refractivity contribution >= 4 is 0 Å². The minimum Gasteiger partial charge on any atom is -0.334 e. The standard InChI is InChI=1S/C21H20FN5O/c22-17-3-1-2-16(10-17)18-8-9-24-12-19(18)25-13-20-26-21(28-27-20)15-6-4-14(11-23)5-7-15/h1-7,10,18-19,24-25H,8-9,12-13H2/t18-,19-/m0/s1. The van der Waals surface area contributed by atoms with E-state index in [0.717, 1.165) is 30.6 Å². The molecule has 2 heterocycles. The number of nitriles is 1. The Hall–Kier alpha value is -3.08. The fourth-order valence-corrected chi connectivity index (χ4v) is 3.56. The molecule has 0 spiro atoms. The topological polar surface area (TPSA) is 86.8 Å².